The smallest absolute Gasteiger partial charge is 0.306 e. The molecular formula is C54H97NO5. The maximum absolute atomic E-state index is 13.2. The molecule has 0 aromatic rings. The third-order valence-corrected chi connectivity index (χ3v) is 11.3. The number of allylic oxidation sites excluding steroid dienone is 10. The maximum Gasteiger partial charge on any atom is 0.306 e. The highest BCUT2D eigenvalue weighted by Crippen LogP contribution is 2.16. The Labute approximate surface area is 371 Å². The highest BCUT2D eigenvalue weighted by Gasteiger charge is 2.24. The quantitative estimate of drug-likeness (QED) is 0.0246. The van der Waals surface area contributed by atoms with Gasteiger partial charge in [-0.3, -0.25) is 9.59 Å². The van der Waals surface area contributed by atoms with Gasteiger partial charge in [-0.2, -0.15) is 0 Å². The van der Waals surface area contributed by atoms with Crippen LogP contribution in [0.1, 0.15) is 245 Å². The fourth-order valence-electron chi connectivity index (χ4n) is 7.43. The minimum absolute atomic E-state index is 0.0399. The van der Waals surface area contributed by atoms with E-state index in [0.717, 1.165) is 83.5 Å². The van der Waals surface area contributed by atoms with Crippen molar-refractivity contribution < 1.29 is 24.5 Å². The fourth-order valence-corrected chi connectivity index (χ4v) is 7.43. The number of carbonyl (C=O) groups excluding carboxylic acids is 2. The number of esters is 1. The molecular weight excluding hydrogens is 743 g/mol. The van der Waals surface area contributed by atoms with E-state index >= 15 is 0 Å². The normalized spacial score (nSPS) is 13.8. The summed E-state index contributed by atoms with van der Waals surface area (Å²) in [4.78, 5) is 26.1. The minimum Gasteiger partial charge on any atom is -0.462 e. The number of aliphatic hydroxyl groups is 2. The summed E-state index contributed by atoms with van der Waals surface area (Å²) in [6.45, 7) is 6.42. The molecule has 0 aromatic heterocycles. The summed E-state index contributed by atoms with van der Waals surface area (Å²) >= 11 is 0. The molecule has 3 unspecified atom stereocenters. The Hall–Kier alpha value is -2.44. The summed E-state index contributed by atoms with van der Waals surface area (Å²) in [5, 5.41) is 23.7. The molecule has 3 N–H and O–H groups in total. The second-order valence-corrected chi connectivity index (χ2v) is 17.2. The number of amides is 1. The molecule has 0 rings (SSSR count). The van der Waals surface area contributed by atoms with Gasteiger partial charge in [0, 0.05) is 6.42 Å². The van der Waals surface area contributed by atoms with Gasteiger partial charge in [-0.15, -0.1) is 0 Å². The monoisotopic (exact) mass is 840 g/mol. The third kappa shape index (κ3) is 42.3. The zero-order valence-electron chi connectivity index (χ0n) is 39.6. The molecule has 6 nitrogen and oxygen atoms in total. The lowest BCUT2D eigenvalue weighted by Gasteiger charge is -2.24. The van der Waals surface area contributed by atoms with Crippen LogP contribution in [0, 0.1) is 0 Å². The predicted octanol–water partition coefficient (Wildman–Crippen LogP) is 15.2. The molecule has 0 aliphatic carbocycles. The Morgan fingerprint density at radius 2 is 0.900 bits per heavy atom. The molecule has 0 fully saturated rings. The number of carbonyl (C=O) groups is 2. The second kappa shape index (κ2) is 47.6. The van der Waals surface area contributed by atoms with Crippen molar-refractivity contribution in [3.8, 4) is 0 Å². The summed E-state index contributed by atoms with van der Waals surface area (Å²) in [5.74, 6) is -0.543. The predicted molar refractivity (Wildman–Crippen MR) is 259 cm³/mol. The largest absolute Gasteiger partial charge is 0.462 e. The van der Waals surface area contributed by atoms with Gasteiger partial charge >= 0.3 is 5.97 Å². The fraction of sp³-hybridized carbons (Fsp3) is 0.778. The van der Waals surface area contributed by atoms with E-state index in [0.29, 0.717) is 19.3 Å². The van der Waals surface area contributed by atoms with E-state index in [-0.39, 0.29) is 24.9 Å². The summed E-state index contributed by atoms with van der Waals surface area (Å²) in [6.07, 6.45) is 58.5. The second-order valence-electron chi connectivity index (χ2n) is 17.2. The Balaban J connectivity index is 4.71. The van der Waals surface area contributed by atoms with Crippen LogP contribution in [0.25, 0.3) is 0 Å². The molecule has 0 aliphatic rings. The summed E-state index contributed by atoms with van der Waals surface area (Å²) in [5.41, 5.74) is 0. The Morgan fingerprint density at radius 1 is 0.500 bits per heavy atom. The number of aliphatic hydroxyl groups excluding tert-OH is 2. The number of ether oxygens (including phenoxy) is 1. The lowest BCUT2D eigenvalue weighted by Crippen LogP contribution is -2.46. The zero-order chi connectivity index (χ0) is 43.8. The van der Waals surface area contributed by atoms with E-state index < -0.39 is 18.2 Å². The lowest BCUT2D eigenvalue weighted by atomic mass is 10.0. The van der Waals surface area contributed by atoms with Crippen LogP contribution in [0.3, 0.4) is 0 Å². The maximum atomic E-state index is 13.2. The number of nitrogens with one attached hydrogen (secondary N) is 1. The van der Waals surface area contributed by atoms with Gasteiger partial charge in [0.15, 0.2) is 0 Å². The van der Waals surface area contributed by atoms with Crippen molar-refractivity contribution in [1.29, 1.82) is 0 Å². The molecule has 3 atom stereocenters. The summed E-state index contributed by atoms with van der Waals surface area (Å²) < 4.78 is 5.90. The minimum atomic E-state index is -0.802. The SMILES string of the molecule is CCCCC/C=C\C/C=C\C/C=C\CCCCC(CC(=O)NC(CO)C(O)CCCCCCCCCCCC)OC(=O)CCCCC/C=C/C=C/CCCCCCCCC. The van der Waals surface area contributed by atoms with Crippen molar-refractivity contribution in [2.45, 2.75) is 264 Å². The first-order chi connectivity index (χ1) is 29.5. The molecule has 0 radical (unpaired) electrons. The van der Waals surface area contributed by atoms with Crippen LogP contribution in [-0.2, 0) is 14.3 Å². The van der Waals surface area contributed by atoms with E-state index in [1.165, 1.54) is 116 Å². The molecule has 1 amide bonds. The Morgan fingerprint density at radius 3 is 1.43 bits per heavy atom. The zero-order valence-corrected chi connectivity index (χ0v) is 39.6. The van der Waals surface area contributed by atoms with Gasteiger partial charge in [0.05, 0.1) is 25.2 Å². The highest BCUT2D eigenvalue weighted by atomic mass is 16.5. The van der Waals surface area contributed by atoms with Gasteiger partial charge in [0.25, 0.3) is 0 Å². The van der Waals surface area contributed by atoms with Crippen LogP contribution in [0.2, 0.25) is 0 Å². The molecule has 0 aromatic carbocycles. The molecule has 0 aliphatic heterocycles. The first-order valence-electron chi connectivity index (χ1n) is 25.5. The molecule has 0 saturated carbocycles. The van der Waals surface area contributed by atoms with Crippen molar-refractivity contribution in [2.24, 2.45) is 0 Å². The van der Waals surface area contributed by atoms with Gasteiger partial charge in [-0.05, 0) is 89.9 Å². The standard InChI is InChI=1S/C54H97NO5/c1-4-7-10-13-16-19-22-24-26-28-30-32-35-38-41-44-47-54(59)60-50(45-42-39-36-33-31-29-27-25-23-20-17-14-11-8-5-2)48-53(58)55-51(49-56)52(57)46-43-40-37-34-21-18-15-12-9-6-3/h17,20,25-28,30-33,50-52,56-57H,4-16,18-19,21-24,29,34-49H2,1-3H3,(H,55,58)/b20-17-,27-25-,28-26+,32-30+,33-31-. The average Bonchev–Trinajstić information content (AvgIpc) is 3.24. The summed E-state index contributed by atoms with van der Waals surface area (Å²) in [6, 6.07) is -0.719. The van der Waals surface area contributed by atoms with Crippen molar-refractivity contribution in [1.82, 2.24) is 5.32 Å². The first-order valence-corrected chi connectivity index (χ1v) is 25.5. The average molecular weight is 840 g/mol. The molecule has 0 bridgehead atoms. The molecule has 0 saturated heterocycles. The molecule has 0 spiro atoms. The first kappa shape index (κ1) is 57.6. The van der Waals surface area contributed by atoms with Crippen LogP contribution in [-0.4, -0.2) is 46.9 Å². The van der Waals surface area contributed by atoms with Gasteiger partial charge in [-0.25, -0.2) is 0 Å². The van der Waals surface area contributed by atoms with Crippen LogP contribution in [0.4, 0.5) is 0 Å². The number of hydrogen-bond acceptors (Lipinski definition) is 5. The Kier molecular flexibility index (Phi) is 45.7. The van der Waals surface area contributed by atoms with Crippen molar-refractivity contribution in [3.05, 3.63) is 60.8 Å². The van der Waals surface area contributed by atoms with E-state index in [1.54, 1.807) is 0 Å². The van der Waals surface area contributed by atoms with Crippen LogP contribution >= 0.6 is 0 Å². The van der Waals surface area contributed by atoms with E-state index in [9.17, 15) is 19.8 Å². The number of rotatable bonds is 45. The van der Waals surface area contributed by atoms with Crippen molar-refractivity contribution in [3.63, 3.8) is 0 Å². The lowest BCUT2D eigenvalue weighted by molar-refractivity contribution is -0.151. The van der Waals surface area contributed by atoms with Crippen LogP contribution < -0.4 is 5.32 Å². The van der Waals surface area contributed by atoms with Crippen LogP contribution in [0.15, 0.2) is 60.8 Å². The molecule has 348 valence electrons. The topological polar surface area (TPSA) is 95.9 Å². The van der Waals surface area contributed by atoms with E-state index in [2.05, 4.69) is 86.8 Å². The van der Waals surface area contributed by atoms with E-state index in [4.69, 9.17) is 4.74 Å². The van der Waals surface area contributed by atoms with Gasteiger partial charge in [-0.1, -0.05) is 204 Å². The highest BCUT2D eigenvalue weighted by molar-refractivity contribution is 5.77. The van der Waals surface area contributed by atoms with Gasteiger partial charge < -0.3 is 20.3 Å². The molecule has 60 heavy (non-hydrogen) atoms. The van der Waals surface area contributed by atoms with Gasteiger partial charge in [0.2, 0.25) is 5.91 Å². The van der Waals surface area contributed by atoms with Gasteiger partial charge in [0.1, 0.15) is 6.10 Å². The van der Waals surface area contributed by atoms with Crippen LogP contribution in [0.5, 0.6) is 0 Å². The van der Waals surface area contributed by atoms with E-state index in [1.807, 2.05) is 0 Å². The van der Waals surface area contributed by atoms with Crippen molar-refractivity contribution in [2.75, 3.05) is 6.61 Å². The number of unbranched alkanes of at least 4 members (excludes halogenated alkanes) is 24. The number of hydrogen-bond donors (Lipinski definition) is 3. The molecule has 6 heteroatoms. The Bertz CT molecular complexity index is 1080. The molecule has 0 heterocycles. The van der Waals surface area contributed by atoms with Crippen molar-refractivity contribution >= 4 is 11.9 Å². The third-order valence-electron chi connectivity index (χ3n) is 11.3. The summed E-state index contributed by atoms with van der Waals surface area (Å²) in [7, 11) is 0.